The molecule has 4 heteroatoms. The summed E-state index contributed by atoms with van der Waals surface area (Å²) in [6.45, 7) is 0. The third-order valence-corrected chi connectivity index (χ3v) is 5.29. The number of alkyl halides is 2. The van der Waals surface area contributed by atoms with Gasteiger partial charge >= 0.3 is 0 Å². The Kier molecular flexibility index (Phi) is 4.27. The Balaban J connectivity index is 1.80. The van der Waals surface area contributed by atoms with Crippen molar-refractivity contribution >= 4 is 0 Å². The molecule has 2 fully saturated rings. The second-order valence-corrected chi connectivity index (χ2v) is 6.59. The first-order chi connectivity index (χ1) is 10.1. The molecule has 0 spiro atoms. The van der Waals surface area contributed by atoms with Crippen LogP contribution in [0.3, 0.4) is 0 Å². The van der Waals surface area contributed by atoms with E-state index in [2.05, 4.69) is 23.6 Å². The van der Waals surface area contributed by atoms with Crippen molar-refractivity contribution < 1.29 is 8.78 Å². The molecule has 0 bridgehead atoms. The molecule has 1 aromatic carbocycles. The fourth-order valence-electron chi connectivity index (χ4n) is 3.76. The average Bonchev–Trinajstić information content (AvgIpc) is 2.41. The molecule has 2 saturated carbocycles. The SMILES string of the molecule is NNC(c1ccccc1C1CCC1)C1CCC(F)(F)CC1. The number of hydrazine groups is 1. The summed E-state index contributed by atoms with van der Waals surface area (Å²) < 4.78 is 26.7. The Hall–Kier alpha value is -1.00. The van der Waals surface area contributed by atoms with Crippen LogP contribution in [0.1, 0.15) is 68.0 Å². The molecule has 21 heavy (non-hydrogen) atoms. The summed E-state index contributed by atoms with van der Waals surface area (Å²) >= 11 is 0. The first kappa shape index (κ1) is 14.9. The van der Waals surface area contributed by atoms with Crippen LogP contribution in [0, 0.1) is 5.92 Å². The molecule has 0 aromatic heterocycles. The van der Waals surface area contributed by atoms with Crippen molar-refractivity contribution in [2.24, 2.45) is 11.8 Å². The van der Waals surface area contributed by atoms with E-state index in [4.69, 9.17) is 5.84 Å². The van der Waals surface area contributed by atoms with E-state index in [1.165, 1.54) is 30.4 Å². The zero-order valence-electron chi connectivity index (χ0n) is 12.3. The number of halogens is 2. The number of benzene rings is 1. The van der Waals surface area contributed by atoms with E-state index in [0.29, 0.717) is 18.8 Å². The van der Waals surface area contributed by atoms with E-state index in [-0.39, 0.29) is 24.8 Å². The summed E-state index contributed by atoms with van der Waals surface area (Å²) in [7, 11) is 0. The molecule has 3 N–H and O–H groups in total. The van der Waals surface area contributed by atoms with E-state index in [1.807, 2.05) is 6.07 Å². The van der Waals surface area contributed by atoms with Crippen LogP contribution in [0.5, 0.6) is 0 Å². The van der Waals surface area contributed by atoms with Gasteiger partial charge in [0.25, 0.3) is 0 Å². The molecule has 2 nitrogen and oxygen atoms in total. The summed E-state index contributed by atoms with van der Waals surface area (Å²) in [6.07, 6.45) is 4.81. The van der Waals surface area contributed by atoms with E-state index >= 15 is 0 Å². The fourth-order valence-corrected chi connectivity index (χ4v) is 3.76. The first-order valence-corrected chi connectivity index (χ1v) is 8.03. The Morgan fingerprint density at radius 2 is 1.76 bits per heavy atom. The summed E-state index contributed by atoms with van der Waals surface area (Å²) in [6, 6.07) is 8.39. The van der Waals surface area contributed by atoms with Crippen molar-refractivity contribution in [1.82, 2.24) is 5.43 Å². The Bertz CT molecular complexity index is 475. The molecule has 116 valence electrons. The molecule has 1 atom stereocenters. The van der Waals surface area contributed by atoms with Gasteiger partial charge in [-0.2, -0.15) is 0 Å². The average molecular weight is 294 g/mol. The maximum Gasteiger partial charge on any atom is 0.248 e. The van der Waals surface area contributed by atoms with Crippen LogP contribution in [0.25, 0.3) is 0 Å². The van der Waals surface area contributed by atoms with Crippen LogP contribution in [-0.2, 0) is 0 Å². The number of nitrogens with one attached hydrogen (secondary N) is 1. The van der Waals surface area contributed by atoms with E-state index in [0.717, 1.165) is 0 Å². The second kappa shape index (κ2) is 6.01. The lowest BCUT2D eigenvalue weighted by Crippen LogP contribution is -2.38. The summed E-state index contributed by atoms with van der Waals surface area (Å²) in [5.41, 5.74) is 5.50. The minimum atomic E-state index is -2.48. The van der Waals surface area contributed by atoms with Gasteiger partial charge in [0, 0.05) is 18.9 Å². The van der Waals surface area contributed by atoms with Gasteiger partial charge in [0.15, 0.2) is 0 Å². The lowest BCUT2D eigenvalue weighted by atomic mass is 9.73. The highest BCUT2D eigenvalue weighted by Gasteiger charge is 2.38. The van der Waals surface area contributed by atoms with Crippen molar-refractivity contribution in [1.29, 1.82) is 0 Å². The molecule has 0 amide bonds. The molecule has 0 heterocycles. The van der Waals surface area contributed by atoms with Gasteiger partial charge in [0.1, 0.15) is 0 Å². The number of hydrogen-bond donors (Lipinski definition) is 2. The summed E-state index contributed by atoms with van der Waals surface area (Å²) in [4.78, 5) is 0. The van der Waals surface area contributed by atoms with Gasteiger partial charge in [0.2, 0.25) is 5.92 Å². The van der Waals surface area contributed by atoms with Gasteiger partial charge in [-0.15, -0.1) is 0 Å². The highest BCUT2D eigenvalue weighted by molar-refractivity contribution is 5.34. The third kappa shape index (κ3) is 3.11. The lowest BCUT2D eigenvalue weighted by Gasteiger charge is -2.36. The highest BCUT2D eigenvalue weighted by Crippen LogP contribution is 2.44. The quantitative estimate of drug-likeness (QED) is 0.642. The standard InChI is InChI=1S/C17H24F2N2/c18-17(19)10-8-13(9-11-17)16(21-20)15-7-2-1-6-14(15)12-4-3-5-12/h1-2,6-7,12-13,16,21H,3-5,8-11,20H2. The lowest BCUT2D eigenvalue weighted by molar-refractivity contribution is -0.0498. The summed E-state index contributed by atoms with van der Waals surface area (Å²) in [5, 5.41) is 0. The zero-order chi connectivity index (χ0) is 14.9. The smallest absolute Gasteiger partial charge is 0.248 e. The largest absolute Gasteiger partial charge is 0.271 e. The Morgan fingerprint density at radius 1 is 1.10 bits per heavy atom. The monoisotopic (exact) mass is 294 g/mol. The minimum absolute atomic E-state index is 0.00194. The molecule has 2 aliphatic rings. The molecule has 0 saturated heterocycles. The second-order valence-electron chi connectivity index (χ2n) is 6.59. The van der Waals surface area contributed by atoms with Gasteiger partial charge < -0.3 is 0 Å². The van der Waals surface area contributed by atoms with E-state index < -0.39 is 5.92 Å². The van der Waals surface area contributed by atoms with Crippen molar-refractivity contribution in [2.75, 3.05) is 0 Å². The van der Waals surface area contributed by atoms with Crippen molar-refractivity contribution in [2.45, 2.75) is 62.8 Å². The van der Waals surface area contributed by atoms with Crippen molar-refractivity contribution in [3.8, 4) is 0 Å². The predicted octanol–water partition coefficient (Wildman–Crippen LogP) is 4.28. The number of rotatable bonds is 4. The van der Waals surface area contributed by atoms with Crippen LogP contribution in [0.4, 0.5) is 8.78 Å². The molecule has 1 unspecified atom stereocenters. The summed E-state index contributed by atoms with van der Waals surface area (Å²) in [5.74, 6) is 4.14. The number of hydrogen-bond acceptors (Lipinski definition) is 2. The minimum Gasteiger partial charge on any atom is -0.271 e. The van der Waals surface area contributed by atoms with Gasteiger partial charge in [-0.1, -0.05) is 30.7 Å². The van der Waals surface area contributed by atoms with Crippen molar-refractivity contribution in [3.63, 3.8) is 0 Å². The Morgan fingerprint density at radius 3 is 2.33 bits per heavy atom. The molecule has 2 aliphatic carbocycles. The highest BCUT2D eigenvalue weighted by atomic mass is 19.3. The van der Waals surface area contributed by atoms with Gasteiger partial charge in [-0.3, -0.25) is 11.3 Å². The van der Waals surface area contributed by atoms with Gasteiger partial charge in [-0.05, 0) is 48.6 Å². The van der Waals surface area contributed by atoms with Crippen LogP contribution < -0.4 is 11.3 Å². The van der Waals surface area contributed by atoms with Crippen LogP contribution in [0.15, 0.2) is 24.3 Å². The van der Waals surface area contributed by atoms with Gasteiger partial charge in [0.05, 0.1) is 0 Å². The molecular formula is C17H24F2N2. The fraction of sp³-hybridized carbons (Fsp3) is 0.647. The number of nitrogens with two attached hydrogens (primary N) is 1. The first-order valence-electron chi connectivity index (χ1n) is 8.03. The topological polar surface area (TPSA) is 38.0 Å². The third-order valence-electron chi connectivity index (χ3n) is 5.29. The maximum atomic E-state index is 13.4. The molecular weight excluding hydrogens is 270 g/mol. The maximum absolute atomic E-state index is 13.4. The molecule has 1 aromatic rings. The van der Waals surface area contributed by atoms with Gasteiger partial charge in [-0.25, -0.2) is 8.78 Å². The molecule has 0 radical (unpaired) electrons. The molecule has 0 aliphatic heterocycles. The van der Waals surface area contributed by atoms with E-state index in [9.17, 15) is 8.78 Å². The van der Waals surface area contributed by atoms with Crippen LogP contribution in [0.2, 0.25) is 0 Å². The van der Waals surface area contributed by atoms with Crippen molar-refractivity contribution in [3.05, 3.63) is 35.4 Å². The normalized spacial score (nSPS) is 24.5. The Labute approximate surface area is 125 Å². The predicted molar refractivity (Wildman–Crippen MR) is 80.0 cm³/mol. The van der Waals surface area contributed by atoms with E-state index in [1.54, 1.807) is 0 Å². The van der Waals surface area contributed by atoms with Crippen LogP contribution in [-0.4, -0.2) is 5.92 Å². The molecule has 3 rings (SSSR count). The zero-order valence-corrected chi connectivity index (χ0v) is 12.3. The van der Waals surface area contributed by atoms with Crippen LogP contribution >= 0.6 is 0 Å².